The zero-order chi connectivity index (χ0) is 22.9. The van der Waals surface area contributed by atoms with Crippen LogP contribution in [-0.4, -0.2) is 67.1 Å². The maximum Gasteiger partial charge on any atom is 0.272 e. The number of fused-ring (bicyclic) bond motifs is 1. The summed E-state index contributed by atoms with van der Waals surface area (Å²) >= 11 is 2.86. The third kappa shape index (κ3) is 4.31. The van der Waals surface area contributed by atoms with Crippen LogP contribution in [0, 0.1) is 5.82 Å². The molecule has 1 aliphatic rings. The van der Waals surface area contributed by atoms with E-state index in [0.717, 1.165) is 5.69 Å². The molecule has 0 aliphatic carbocycles. The summed E-state index contributed by atoms with van der Waals surface area (Å²) in [5, 5.41) is 2.52. The lowest BCUT2D eigenvalue weighted by atomic mass is 10.2. The number of nitrogens with zero attached hydrogens (tertiary/aromatic N) is 6. The van der Waals surface area contributed by atoms with Crippen LogP contribution in [-0.2, 0) is 6.54 Å². The van der Waals surface area contributed by atoms with E-state index < -0.39 is 0 Å². The van der Waals surface area contributed by atoms with Gasteiger partial charge >= 0.3 is 0 Å². The molecule has 4 heterocycles. The molecule has 1 saturated heterocycles. The normalized spacial score (nSPS) is 14.8. The highest BCUT2D eigenvalue weighted by Gasteiger charge is 2.26. The SMILES string of the molecule is CSc1ncc(C(=O)N2CCN(Cc3cc(=O)n4ccsc4n3)CC2)n1-c1ccc(F)cc1. The average molecular weight is 485 g/mol. The van der Waals surface area contributed by atoms with E-state index >= 15 is 0 Å². The van der Waals surface area contributed by atoms with Gasteiger partial charge in [0, 0.05) is 56.1 Å². The highest BCUT2D eigenvalue weighted by molar-refractivity contribution is 7.98. The average Bonchev–Trinajstić information content (AvgIpc) is 3.47. The van der Waals surface area contributed by atoms with Gasteiger partial charge in [-0.25, -0.2) is 14.4 Å². The fraction of sp³-hybridized carbons (Fsp3) is 0.273. The fourth-order valence-corrected chi connectivity index (χ4v) is 5.22. The number of piperazine rings is 1. The van der Waals surface area contributed by atoms with Crippen LogP contribution in [0.1, 0.15) is 16.2 Å². The van der Waals surface area contributed by atoms with Crippen LogP contribution in [0.2, 0.25) is 0 Å². The number of thioether (sulfide) groups is 1. The first kappa shape index (κ1) is 21.8. The van der Waals surface area contributed by atoms with Gasteiger partial charge in [-0.15, -0.1) is 11.3 Å². The Morgan fingerprint density at radius 1 is 1.18 bits per heavy atom. The second kappa shape index (κ2) is 9.08. The van der Waals surface area contributed by atoms with E-state index in [9.17, 15) is 14.0 Å². The van der Waals surface area contributed by atoms with Crippen molar-refractivity contribution in [3.8, 4) is 5.69 Å². The summed E-state index contributed by atoms with van der Waals surface area (Å²) in [6.45, 7) is 3.04. The number of rotatable bonds is 5. The van der Waals surface area contributed by atoms with Crippen molar-refractivity contribution in [2.24, 2.45) is 0 Å². The van der Waals surface area contributed by atoms with Crippen LogP contribution >= 0.6 is 23.1 Å². The number of imidazole rings is 1. The quantitative estimate of drug-likeness (QED) is 0.406. The zero-order valence-electron chi connectivity index (χ0n) is 17.8. The van der Waals surface area contributed by atoms with Gasteiger partial charge in [0.1, 0.15) is 11.5 Å². The van der Waals surface area contributed by atoms with Crippen molar-refractivity contribution >= 4 is 34.0 Å². The van der Waals surface area contributed by atoms with Gasteiger partial charge < -0.3 is 4.90 Å². The second-order valence-electron chi connectivity index (χ2n) is 7.65. The van der Waals surface area contributed by atoms with Gasteiger partial charge in [-0.3, -0.25) is 23.5 Å². The summed E-state index contributed by atoms with van der Waals surface area (Å²) in [4.78, 5) is 39.2. The van der Waals surface area contributed by atoms with Crippen LogP contribution in [0.25, 0.3) is 10.6 Å². The lowest BCUT2D eigenvalue weighted by Gasteiger charge is -2.34. The van der Waals surface area contributed by atoms with Gasteiger partial charge in [-0.05, 0) is 30.5 Å². The third-order valence-corrected chi connectivity index (χ3v) is 7.03. The van der Waals surface area contributed by atoms with Crippen molar-refractivity contribution in [2.75, 3.05) is 32.4 Å². The number of halogens is 1. The number of hydrogen-bond acceptors (Lipinski definition) is 7. The summed E-state index contributed by atoms with van der Waals surface area (Å²) < 4.78 is 16.7. The first-order valence-corrected chi connectivity index (χ1v) is 12.5. The van der Waals surface area contributed by atoms with E-state index in [1.807, 2.05) is 16.5 Å². The Hall–Kier alpha value is -3.02. The Bertz CT molecular complexity index is 1360. The lowest BCUT2D eigenvalue weighted by Crippen LogP contribution is -2.48. The molecule has 1 amide bonds. The summed E-state index contributed by atoms with van der Waals surface area (Å²) in [6.07, 6.45) is 5.20. The molecule has 0 bridgehead atoms. The molecule has 1 fully saturated rings. The molecule has 0 radical (unpaired) electrons. The van der Waals surface area contributed by atoms with Gasteiger partial charge in [-0.1, -0.05) is 11.8 Å². The van der Waals surface area contributed by atoms with E-state index in [1.165, 1.54) is 39.6 Å². The Morgan fingerprint density at radius 3 is 2.67 bits per heavy atom. The summed E-state index contributed by atoms with van der Waals surface area (Å²) in [6, 6.07) is 7.61. The number of thiazole rings is 1. The van der Waals surface area contributed by atoms with Gasteiger partial charge in [0.05, 0.1) is 11.9 Å². The predicted molar refractivity (Wildman–Crippen MR) is 126 cm³/mol. The Balaban J connectivity index is 1.29. The molecule has 0 unspecified atom stereocenters. The second-order valence-corrected chi connectivity index (χ2v) is 9.30. The van der Waals surface area contributed by atoms with E-state index in [2.05, 4.69) is 14.9 Å². The molecule has 4 aromatic rings. The topological polar surface area (TPSA) is 75.7 Å². The van der Waals surface area contributed by atoms with Gasteiger partial charge in [0.25, 0.3) is 11.5 Å². The summed E-state index contributed by atoms with van der Waals surface area (Å²) in [7, 11) is 0. The van der Waals surface area contributed by atoms with Crippen molar-refractivity contribution in [1.29, 1.82) is 0 Å². The number of amides is 1. The van der Waals surface area contributed by atoms with Gasteiger partial charge in [0.2, 0.25) is 0 Å². The van der Waals surface area contributed by atoms with Crippen LogP contribution in [0.3, 0.4) is 0 Å². The maximum atomic E-state index is 13.4. The van der Waals surface area contributed by atoms with Crippen molar-refractivity contribution in [3.05, 3.63) is 75.7 Å². The molecule has 33 heavy (non-hydrogen) atoms. The molecule has 11 heteroatoms. The summed E-state index contributed by atoms with van der Waals surface area (Å²) in [5.74, 6) is -0.438. The lowest BCUT2D eigenvalue weighted by molar-refractivity contribution is 0.0618. The van der Waals surface area contributed by atoms with Crippen LogP contribution in [0.4, 0.5) is 4.39 Å². The monoisotopic (exact) mass is 484 g/mol. The largest absolute Gasteiger partial charge is 0.335 e. The molecule has 3 aromatic heterocycles. The minimum Gasteiger partial charge on any atom is -0.335 e. The number of aromatic nitrogens is 4. The number of carbonyl (C=O) groups is 1. The van der Waals surface area contributed by atoms with E-state index in [0.29, 0.717) is 54.2 Å². The first-order chi connectivity index (χ1) is 16.0. The van der Waals surface area contributed by atoms with Crippen molar-refractivity contribution < 1.29 is 9.18 Å². The number of hydrogen-bond donors (Lipinski definition) is 0. The third-order valence-electron chi connectivity index (χ3n) is 5.62. The van der Waals surface area contributed by atoms with Gasteiger partial charge in [0.15, 0.2) is 10.1 Å². The molecule has 0 spiro atoms. The van der Waals surface area contributed by atoms with Crippen LogP contribution in [0.15, 0.2) is 58.1 Å². The van der Waals surface area contributed by atoms with Crippen LogP contribution in [0.5, 0.6) is 0 Å². The Kier molecular flexibility index (Phi) is 6.00. The van der Waals surface area contributed by atoms with Crippen LogP contribution < -0.4 is 5.56 Å². The molecule has 0 saturated carbocycles. The minimum atomic E-state index is -0.330. The maximum absolute atomic E-state index is 13.4. The molecule has 170 valence electrons. The number of benzene rings is 1. The van der Waals surface area contributed by atoms with Crippen molar-refractivity contribution in [1.82, 2.24) is 28.7 Å². The van der Waals surface area contributed by atoms with E-state index in [1.54, 1.807) is 35.2 Å². The van der Waals surface area contributed by atoms with Crippen molar-refractivity contribution in [2.45, 2.75) is 11.7 Å². The minimum absolute atomic E-state index is 0.0799. The predicted octanol–water partition coefficient (Wildman–Crippen LogP) is 2.76. The molecule has 5 rings (SSSR count). The molecular formula is C22H21FN6O2S2. The highest BCUT2D eigenvalue weighted by atomic mass is 32.2. The zero-order valence-corrected chi connectivity index (χ0v) is 19.5. The molecule has 0 atom stereocenters. The first-order valence-electron chi connectivity index (χ1n) is 10.4. The molecule has 8 nitrogen and oxygen atoms in total. The molecule has 1 aromatic carbocycles. The number of carbonyl (C=O) groups excluding carboxylic acids is 1. The van der Waals surface area contributed by atoms with Crippen molar-refractivity contribution in [3.63, 3.8) is 0 Å². The fourth-order valence-electron chi connectivity index (χ4n) is 3.94. The summed E-state index contributed by atoms with van der Waals surface area (Å²) in [5.41, 5.74) is 1.81. The van der Waals surface area contributed by atoms with Gasteiger partial charge in [-0.2, -0.15) is 0 Å². The molecule has 1 aliphatic heterocycles. The highest BCUT2D eigenvalue weighted by Crippen LogP contribution is 2.23. The Morgan fingerprint density at radius 2 is 1.94 bits per heavy atom. The van der Waals surface area contributed by atoms with E-state index in [4.69, 9.17) is 0 Å². The standard InChI is InChI=1S/C22H21FN6O2S2/c1-32-21-24-13-18(29(21)17-4-2-15(23)3-5-17)20(31)27-8-6-26(7-9-27)14-16-12-19(30)28-10-11-33-22(28)25-16/h2-5,10-13H,6-9,14H2,1H3. The van der Waals surface area contributed by atoms with E-state index in [-0.39, 0.29) is 17.3 Å². The smallest absolute Gasteiger partial charge is 0.272 e. The molecule has 0 N–H and O–H groups in total. The Labute approximate surface area is 197 Å². The molecular weight excluding hydrogens is 463 g/mol.